The first-order valence-corrected chi connectivity index (χ1v) is 6.54. The Morgan fingerprint density at radius 3 is 2.50 bits per heavy atom. The van der Waals surface area contributed by atoms with Crippen LogP contribution in [0.15, 0.2) is 24.3 Å². The summed E-state index contributed by atoms with van der Waals surface area (Å²) in [5.41, 5.74) is 1.72. The van der Waals surface area contributed by atoms with Crippen LogP contribution in [0.4, 0.5) is 10.1 Å². The summed E-state index contributed by atoms with van der Waals surface area (Å²) in [6.07, 6.45) is 0. The number of nitrogens with zero attached hydrogens (tertiary/aromatic N) is 1. The van der Waals surface area contributed by atoms with E-state index >= 15 is 0 Å². The smallest absolute Gasteiger partial charge is 0.255 e. The predicted molar refractivity (Wildman–Crippen MR) is 78.1 cm³/mol. The maximum atomic E-state index is 13.5. The topological polar surface area (TPSA) is 42.0 Å². The van der Waals surface area contributed by atoms with Gasteiger partial charge in [0.05, 0.1) is 5.69 Å². The van der Waals surface area contributed by atoms with Crippen molar-refractivity contribution in [3.8, 4) is 0 Å². The summed E-state index contributed by atoms with van der Waals surface area (Å²) in [5.74, 6) is -0.896. The molecule has 0 saturated heterocycles. The van der Waals surface area contributed by atoms with Crippen LogP contribution in [-0.2, 0) is 0 Å². The molecule has 0 unspecified atom stereocenters. The molecule has 0 atom stereocenters. The zero-order valence-corrected chi connectivity index (χ0v) is 12.3. The van der Waals surface area contributed by atoms with Gasteiger partial charge in [0.1, 0.15) is 11.0 Å². The van der Waals surface area contributed by atoms with E-state index in [1.54, 1.807) is 32.0 Å². The molecular formula is C14H11Cl2FN2O. The van der Waals surface area contributed by atoms with Gasteiger partial charge in [0.15, 0.2) is 5.15 Å². The second kappa shape index (κ2) is 5.77. The van der Waals surface area contributed by atoms with Crippen molar-refractivity contribution in [2.75, 3.05) is 5.32 Å². The third kappa shape index (κ3) is 3.08. The molecule has 0 aliphatic heterocycles. The zero-order chi connectivity index (χ0) is 14.9. The summed E-state index contributed by atoms with van der Waals surface area (Å²) in [4.78, 5) is 15.9. The number of rotatable bonds is 2. The molecule has 1 heterocycles. The third-order valence-electron chi connectivity index (χ3n) is 2.81. The molecule has 2 rings (SSSR count). The van der Waals surface area contributed by atoms with Crippen LogP contribution in [0.2, 0.25) is 10.3 Å². The van der Waals surface area contributed by atoms with Crippen molar-refractivity contribution < 1.29 is 9.18 Å². The van der Waals surface area contributed by atoms with Crippen LogP contribution in [0.3, 0.4) is 0 Å². The Morgan fingerprint density at radius 1 is 1.20 bits per heavy atom. The van der Waals surface area contributed by atoms with E-state index in [1.165, 1.54) is 6.07 Å². The van der Waals surface area contributed by atoms with Crippen LogP contribution in [0, 0.1) is 19.7 Å². The van der Waals surface area contributed by atoms with E-state index in [2.05, 4.69) is 10.3 Å². The molecule has 0 aliphatic carbocycles. The fourth-order valence-corrected chi connectivity index (χ4v) is 2.24. The molecule has 1 amide bonds. The van der Waals surface area contributed by atoms with Crippen molar-refractivity contribution in [1.29, 1.82) is 0 Å². The fraction of sp³-hybridized carbons (Fsp3) is 0.143. The van der Waals surface area contributed by atoms with Gasteiger partial charge in [0.2, 0.25) is 0 Å². The number of nitrogens with one attached hydrogen (secondary N) is 1. The minimum absolute atomic E-state index is 0.0935. The number of aryl methyl sites for hydroxylation is 2. The highest BCUT2D eigenvalue weighted by atomic mass is 35.5. The number of hydrogen-bond donors (Lipinski definition) is 1. The van der Waals surface area contributed by atoms with Gasteiger partial charge in [0.25, 0.3) is 5.91 Å². The van der Waals surface area contributed by atoms with Crippen LogP contribution in [0.25, 0.3) is 0 Å². The number of pyridine rings is 1. The average molecular weight is 313 g/mol. The van der Waals surface area contributed by atoms with E-state index in [4.69, 9.17) is 23.2 Å². The van der Waals surface area contributed by atoms with Crippen LogP contribution in [0.1, 0.15) is 21.5 Å². The Labute approximate surface area is 125 Å². The fourth-order valence-electron chi connectivity index (χ4n) is 1.67. The molecule has 3 nitrogen and oxygen atoms in total. The standard InChI is InChI=1S/C14H11Cl2FN2O/c1-7-3-4-9(6-10(7)17)14(20)19-12-8(2)5-11(15)18-13(12)16/h3-6H,1-2H3,(H,19,20). The normalized spacial score (nSPS) is 10.4. The molecule has 0 spiro atoms. The minimum Gasteiger partial charge on any atom is -0.319 e. The van der Waals surface area contributed by atoms with Crippen LogP contribution in [0.5, 0.6) is 0 Å². The Kier molecular flexibility index (Phi) is 4.26. The molecule has 6 heteroatoms. The molecule has 104 valence electrons. The van der Waals surface area contributed by atoms with E-state index in [9.17, 15) is 9.18 Å². The number of aromatic nitrogens is 1. The van der Waals surface area contributed by atoms with E-state index in [-0.39, 0.29) is 15.9 Å². The predicted octanol–water partition coefficient (Wildman–Crippen LogP) is 4.40. The highest BCUT2D eigenvalue weighted by Crippen LogP contribution is 2.27. The van der Waals surface area contributed by atoms with Crippen molar-refractivity contribution in [2.24, 2.45) is 0 Å². The van der Waals surface area contributed by atoms with E-state index in [1.807, 2.05) is 0 Å². The molecular weight excluding hydrogens is 302 g/mol. The van der Waals surface area contributed by atoms with Gasteiger partial charge < -0.3 is 5.32 Å². The molecule has 1 aromatic carbocycles. The maximum absolute atomic E-state index is 13.5. The number of benzene rings is 1. The van der Waals surface area contributed by atoms with Gasteiger partial charge in [-0.15, -0.1) is 0 Å². The van der Waals surface area contributed by atoms with Crippen LogP contribution < -0.4 is 5.32 Å². The number of carbonyl (C=O) groups is 1. The first-order chi connectivity index (χ1) is 9.38. The van der Waals surface area contributed by atoms with Crippen molar-refractivity contribution in [1.82, 2.24) is 4.98 Å². The Hall–Kier alpha value is -1.65. The van der Waals surface area contributed by atoms with E-state index in [0.29, 0.717) is 16.8 Å². The van der Waals surface area contributed by atoms with E-state index < -0.39 is 11.7 Å². The summed E-state index contributed by atoms with van der Waals surface area (Å²) >= 11 is 11.7. The summed E-state index contributed by atoms with van der Waals surface area (Å²) in [7, 11) is 0. The van der Waals surface area contributed by atoms with Crippen molar-refractivity contribution in [3.05, 3.63) is 57.1 Å². The number of amides is 1. The first kappa shape index (κ1) is 14.8. The largest absolute Gasteiger partial charge is 0.319 e. The summed E-state index contributed by atoms with van der Waals surface area (Å²) in [5, 5.41) is 2.95. The SMILES string of the molecule is Cc1ccc(C(=O)Nc2c(C)cc(Cl)nc2Cl)cc1F. The van der Waals surface area contributed by atoms with Crippen LogP contribution >= 0.6 is 23.2 Å². The van der Waals surface area contributed by atoms with Crippen molar-refractivity contribution in [3.63, 3.8) is 0 Å². The molecule has 1 N–H and O–H groups in total. The van der Waals surface area contributed by atoms with Gasteiger partial charge in [-0.3, -0.25) is 4.79 Å². The third-order valence-corrected chi connectivity index (χ3v) is 3.28. The van der Waals surface area contributed by atoms with Gasteiger partial charge in [-0.25, -0.2) is 9.37 Å². The first-order valence-electron chi connectivity index (χ1n) is 5.78. The second-order valence-corrected chi connectivity index (χ2v) is 5.09. The number of anilines is 1. The summed E-state index contributed by atoms with van der Waals surface area (Å²) in [6, 6.07) is 5.84. The molecule has 1 aromatic heterocycles. The lowest BCUT2D eigenvalue weighted by Gasteiger charge is -2.10. The Balaban J connectivity index is 2.30. The Bertz CT molecular complexity index is 666. The number of hydrogen-bond acceptors (Lipinski definition) is 2. The lowest BCUT2D eigenvalue weighted by molar-refractivity contribution is 0.102. The highest BCUT2D eigenvalue weighted by Gasteiger charge is 2.13. The number of halogens is 3. The quantitative estimate of drug-likeness (QED) is 0.835. The van der Waals surface area contributed by atoms with Crippen molar-refractivity contribution >= 4 is 34.8 Å². The minimum atomic E-state index is -0.460. The second-order valence-electron chi connectivity index (χ2n) is 4.35. The lowest BCUT2D eigenvalue weighted by Crippen LogP contribution is -2.14. The molecule has 2 aromatic rings. The van der Waals surface area contributed by atoms with Gasteiger partial charge >= 0.3 is 0 Å². The Morgan fingerprint density at radius 2 is 1.90 bits per heavy atom. The average Bonchev–Trinajstić information content (AvgIpc) is 2.36. The zero-order valence-electron chi connectivity index (χ0n) is 10.8. The van der Waals surface area contributed by atoms with Crippen molar-refractivity contribution in [2.45, 2.75) is 13.8 Å². The highest BCUT2D eigenvalue weighted by molar-refractivity contribution is 6.35. The molecule has 0 saturated carbocycles. The summed E-state index contributed by atoms with van der Waals surface area (Å²) in [6.45, 7) is 3.37. The van der Waals surface area contributed by atoms with E-state index in [0.717, 1.165) is 0 Å². The lowest BCUT2D eigenvalue weighted by atomic mass is 10.1. The molecule has 20 heavy (non-hydrogen) atoms. The molecule has 0 fully saturated rings. The van der Waals surface area contributed by atoms with Gasteiger partial charge in [-0.2, -0.15) is 0 Å². The van der Waals surface area contributed by atoms with Gasteiger partial charge in [-0.05, 0) is 43.2 Å². The maximum Gasteiger partial charge on any atom is 0.255 e. The number of carbonyl (C=O) groups excluding carboxylic acids is 1. The van der Waals surface area contributed by atoms with Gasteiger partial charge in [-0.1, -0.05) is 29.3 Å². The molecule has 0 radical (unpaired) electrons. The van der Waals surface area contributed by atoms with Crippen LogP contribution in [-0.4, -0.2) is 10.9 Å². The van der Waals surface area contributed by atoms with Gasteiger partial charge in [0, 0.05) is 5.56 Å². The monoisotopic (exact) mass is 312 g/mol. The summed E-state index contributed by atoms with van der Waals surface area (Å²) < 4.78 is 13.5. The molecule has 0 aliphatic rings. The molecule has 0 bridgehead atoms.